The average molecular weight is 265 g/mol. The molecule has 0 radical (unpaired) electrons. The van der Waals surface area contributed by atoms with Crippen LogP contribution >= 0.6 is 11.6 Å². The maximum Gasteiger partial charge on any atom is 0.0426 e. The number of anilines is 1. The predicted octanol–water partition coefficient (Wildman–Crippen LogP) is 3.22. The van der Waals surface area contributed by atoms with Crippen LogP contribution in [0.3, 0.4) is 0 Å². The van der Waals surface area contributed by atoms with Gasteiger partial charge in [0.1, 0.15) is 0 Å². The van der Waals surface area contributed by atoms with Crippen LogP contribution in [0.2, 0.25) is 5.02 Å². The zero-order valence-electron chi connectivity index (χ0n) is 10.9. The fourth-order valence-corrected chi connectivity index (χ4v) is 3.71. The number of hydrogen-bond donors (Lipinski definition) is 1. The van der Waals surface area contributed by atoms with E-state index in [1.54, 1.807) is 0 Å². The standard InChI is InChI=1S/C15H21ClN2/c1-10(17)6-12-3-4-13(16)8-15(12)18-9-11-2-5-14(18)7-11/h3-4,8,10-11,14H,2,5-7,9,17H2,1H3. The van der Waals surface area contributed by atoms with Gasteiger partial charge in [0.25, 0.3) is 0 Å². The molecule has 2 fully saturated rings. The van der Waals surface area contributed by atoms with Crippen molar-refractivity contribution in [3.8, 4) is 0 Å². The lowest BCUT2D eigenvalue weighted by Crippen LogP contribution is -2.33. The monoisotopic (exact) mass is 264 g/mol. The molecule has 2 bridgehead atoms. The number of nitrogens with zero attached hydrogens (tertiary/aromatic N) is 1. The molecule has 2 N–H and O–H groups in total. The second kappa shape index (κ2) is 4.75. The number of fused-ring (bicyclic) bond motifs is 2. The van der Waals surface area contributed by atoms with Crippen LogP contribution in [0.1, 0.15) is 31.7 Å². The summed E-state index contributed by atoms with van der Waals surface area (Å²) in [6, 6.07) is 7.19. The fraction of sp³-hybridized carbons (Fsp3) is 0.600. The van der Waals surface area contributed by atoms with E-state index in [9.17, 15) is 0 Å². The van der Waals surface area contributed by atoms with E-state index < -0.39 is 0 Å². The Morgan fingerprint density at radius 1 is 1.44 bits per heavy atom. The minimum Gasteiger partial charge on any atom is -0.368 e. The van der Waals surface area contributed by atoms with Gasteiger partial charge in [0.05, 0.1) is 0 Å². The van der Waals surface area contributed by atoms with Gasteiger partial charge < -0.3 is 10.6 Å². The minimum absolute atomic E-state index is 0.199. The number of hydrogen-bond acceptors (Lipinski definition) is 2. The van der Waals surface area contributed by atoms with E-state index in [2.05, 4.69) is 24.0 Å². The van der Waals surface area contributed by atoms with Crippen LogP contribution in [0.4, 0.5) is 5.69 Å². The summed E-state index contributed by atoms with van der Waals surface area (Å²) in [5.41, 5.74) is 8.63. The molecule has 1 aromatic rings. The number of piperidine rings is 1. The Bertz CT molecular complexity index is 444. The Kier molecular flexibility index (Phi) is 3.25. The first-order valence-corrected chi connectivity index (χ1v) is 7.32. The van der Waals surface area contributed by atoms with E-state index >= 15 is 0 Å². The smallest absolute Gasteiger partial charge is 0.0426 e. The molecule has 3 rings (SSSR count). The Morgan fingerprint density at radius 3 is 2.89 bits per heavy atom. The first-order valence-electron chi connectivity index (χ1n) is 6.94. The van der Waals surface area contributed by atoms with Crippen molar-refractivity contribution in [3.63, 3.8) is 0 Å². The van der Waals surface area contributed by atoms with Gasteiger partial charge in [-0.2, -0.15) is 0 Å². The van der Waals surface area contributed by atoms with E-state index in [-0.39, 0.29) is 6.04 Å². The first-order chi connectivity index (χ1) is 8.63. The normalized spacial score (nSPS) is 27.8. The van der Waals surface area contributed by atoms with Crippen molar-refractivity contribution in [2.75, 3.05) is 11.4 Å². The van der Waals surface area contributed by atoms with Crippen molar-refractivity contribution in [2.45, 2.75) is 44.7 Å². The van der Waals surface area contributed by atoms with Gasteiger partial charge in [0.2, 0.25) is 0 Å². The summed E-state index contributed by atoms with van der Waals surface area (Å²) in [5, 5.41) is 0.834. The van der Waals surface area contributed by atoms with Crippen LogP contribution in [0.5, 0.6) is 0 Å². The lowest BCUT2D eigenvalue weighted by atomic mass is 10.0. The van der Waals surface area contributed by atoms with Crippen LogP contribution in [0.15, 0.2) is 18.2 Å². The van der Waals surface area contributed by atoms with Gasteiger partial charge in [-0.3, -0.25) is 0 Å². The molecule has 3 atom stereocenters. The van der Waals surface area contributed by atoms with Crippen molar-refractivity contribution in [1.29, 1.82) is 0 Å². The van der Waals surface area contributed by atoms with Gasteiger partial charge in [0.15, 0.2) is 0 Å². The van der Waals surface area contributed by atoms with Crippen molar-refractivity contribution >= 4 is 17.3 Å². The zero-order chi connectivity index (χ0) is 12.7. The molecule has 18 heavy (non-hydrogen) atoms. The Labute approximate surface area is 114 Å². The van der Waals surface area contributed by atoms with Gasteiger partial charge in [-0.15, -0.1) is 0 Å². The highest BCUT2D eigenvalue weighted by molar-refractivity contribution is 6.30. The quantitative estimate of drug-likeness (QED) is 0.908. The molecule has 2 nitrogen and oxygen atoms in total. The molecule has 1 saturated carbocycles. The van der Waals surface area contributed by atoms with Crippen LogP contribution in [0.25, 0.3) is 0 Å². The van der Waals surface area contributed by atoms with Gasteiger partial charge >= 0.3 is 0 Å². The summed E-state index contributed by atoms with van der Waals surface area (Å²) >= 11 is 6.18. The third kappa shape index (κ3) is 2.24. The molecule has 1 saturated heterocycles. The van der Waals surface area contributed by atoms with Crippen LogP contribution in [0, 0.1) is 5.92 Å². The Morgan fingerprint density at radius 2 is 2.28 bits per heavy atom. The molecule has 98 valence electrons. The minimum atomic E-state index is 0.199. The largest absolute Gasteiger partial charge is 0.368 e. The summed E-state index contributed by atoms with van der Waals surface area (Å²) in [6.45, 7) is 3.27. The fourth-order valence-electron chi connectivity index (χ4n) is 3.54. The van der Waals surface area contributed by atoms with Gasteiger partial charge in [-0.1, -0.05) is 17.7 Å². The highest BCUT2D eigenvalue weighted by Gasteiger charge is 2.38. The van der Waals surface area contributed by atoms with Crippen molar-refractivity contribution in [1.82, 2.24) is 0 Å². The van der Waals surface area contributed by atoms with Crippen LogP contribution < -0.4 is 10.6 Å². The summed E-state index contributed by atoms with van der Waals surface area (Å²) in [4.78, 5) is 2.57. The van der Waals surface area contributed by atoms with E-state index in [0.717, 1.165) is 23.4 Å². The first kappa shape index (κ1) is 12.3. The van der Waals surface area contributed by atoms with Gasteiger partial charge in [-0.05, 0) is 56.2 Å². The summed E-state index contributed by atoms with van der Waals surface area (Å²) in [7, 11) is 0. The van der Waals surface area contributed by atoms with Crippen molar-refractivity contribution in [2.24, 2.45) is 11.7 Å². The van der Waals surface area contributed by atoms with E-state index in [0.29, 0.717) is 0 Å². The average Bonchev–Trinajstić information content (AvgIpc) is 2.92. The van der Waals surface area contributed by atoms with Gasteiger partial charge in [0, 0.05) is 29.3 Å². The lowest BCUT2D eigenvalue weighted by Gasteiger charge is -2.31. The van der Waals surface area contributed by atoms with Gasteiger partial charge in [-0.25, -0.2) is 0 Å². The molecule has 1 heterocycles. The molecule has 3 heteroatoms. The predicted molar refractivity (Wildman–Crippen MR) is 77.3 cm³/mol. The molecule has 3 unspecified atom stereocenters. The number of nitrogens with two attached hydrogens (primary N) is 1. The zero-order valence-corrected chi connectivity index (χ0v) is 11.7. The number of halogens is 1. The van der Waals surface area contributed by atoms with Crippen molar-refractivity contribution < 1.29 is 0 Å². The van der Waals surface area contributed by atoms with E-state index in [1.807, 2.05) is 6.07 Å². The summed E-state index contributed by atoms with van der Waals surface area (Å²) in [5.74, 6) is 0.900. The van der Waals surface area contributed by atoms with E-state index in [4.69, 9.17) is 17.3 Å². The third-order valence-electron chi connectivity index (χ3n) is 4.31. The third-order valence-corrected chi connectivity index (χ3v) is 4.54. The molecular formula is C15H21ClN2. The summed E-state index contributed by atoms with van der Waals surface area (Å²) < 4.78 is 0. The summed E-state index contributed by atoms with van der Waals surface area (Å²) in [6.07, 6.45) is 5.05. The Balaban J connectivity index is 1.91. The molecule has 1 aromatic carbocycles. The van der Waals surface area contributed by atoms with Crippen LogP contribution in [-0.2, 0) is 6.42 Å². The second-order valence-corrected chi connectivity index (χ2v) is 6.38. The highest BCUT2D eigenvalue weighted by atomic mass is 35.5. The maximum atomic E-state index is 6.18. The molecule has 0 aromatic heterocycles. The molecular weight excluding hydrogens is 244 g/mol. The SMILES string of the molecule is CC(N)Cc1ccc(Cl)cc1N1CC2CCC1C2. The molecule has 2 aliphatic rings. The van der Waals surface area contributed by atoms with Crippen LogP contribution in [-0.4, -0.2) is 18.6 Å². The molecule has 0 amide bonds. The molecule has 0 spiro atoms. The van der Waals surface area contributed by atoms with E-state index in [1.165, 1.54) is 37.1 Å². The highest BCUT2D eigenvalue weighted by Crippen LogP contribution is 2.42. The number of benzene rings is 1. The second-order valence-electron chi connectivity index (χ2n) is 5.94. The molecule has 1 aliphatic heterocycles. The topological polar surface area (TPSA) is 29.3 Å². The Hall–Kier alpha value is -0.730. The number of rotatable bonds is 3. The van der Waals surface area contributed by atoms with Crippen molar-refractivity contribution in [3.05, 3.63) is 28.8 Å². The maximum absolute atomic E-state index is 6.18. The molecule has 1 aliphatic carbocycles. The lowest BCUT2D eigenvalue weighted by molar-refractivity contribution is 0.552.